The average Bonchev–Trinajstić information content (AvgIpc) is 0.906. The third-order valence-electron chi connectivity index (χ3n) is 15.2. The van der Waals surface area contributed by atoms with Crippen molar-refractivity contribution in [2.45, 2.75) is 76.3 Å². The first-order chi connectivity index (χ1) is 46.8. The fourth-order valence-electron chi connectivity index (χ4n) is 9.89. The Morgan fingerprint density at radius 2 is 0.448 bits per heavy atom. The van der Waals surface area contributed by atoms with E-state index in [9.17, 15) is 45.0 Å². The number of hydrogen-bond acceptors (Lipinski definition) is 18. The number of hydrogen-bond donors (Lipinski definition) is 6. The molecule has 0 aliphatic rings. The summed E-state index contributed by atoms with van der Waals surface area (Å²) in [4.78, 5) is 42.1. The molecule has 10 aromatic carbocycles. The normalized spacial score (nSPS) is 12.9. The molecule has 18 heteroatoms. The Morgan fingerprint density at radius 3 is 0.656 bits per heavy atom. The van der Waals surface area contributed by atoms with Crippen molar-refractivity contribution in [3.05, 3.63) is 322 Å². The number of aliphatic hydroxyl groups excluding tert-OH is 6. The van der Waals surface area contributed by atoms with Crippen molar-refractivity contribution in [3.63, 3.8) is 0 Å². The van der Waals surface area contributed by atoms with Crippen molar-refractivity contribution in [2.75, 3.05) is 19.8 Å². The maximum absolute atomic E-state index is 14.0. The largest absolute Gasteiger partial charge is 0.485 e. The molecular formula is C78H72O18. The smallest absolute Gasteiger partial charge is 0.338 e. The minimum Gasteiger partial charge on any atom is -0.485 e. The van der Waals surface area contributed by atoms with Gasteiger partial charge in [-0.3, -0.25) is 0 Å². The average molecular weight is 1300 g/mol. The molecule has 0 unspecified atom stereocenters. The second-order valence-electron chi connectivity index (χ2n) is 22.4. The van der Waals surface area contributed by atoms with E-state index in [-0.39, 0.29) is 73.6 Å². The molecule has 0 spiro atoms. The summed E-state index contributed by atoms with van der Waals surface area (Å²) in [6, 6.07) is 73.5. The molecular weight excluding hydrogens is 1220 g/mol. The number of aliphatic hydroxyl groups is 6. The summed E-state index contributed by atoms with van der Waals surface area (Å²) in [5.41, 5.74) is 4.56. The summed E-state index contributed by atoms with van der Waals surface area (Å²) in [7, 11) is 0. The third kappa shape index (κ3) is 19.6. The standard InChI is InChI=1S/C78H72O18/c79-64(73(82)58-31-34-67(88-43-52-19-7-1-8-20-52)70(40-58)91-46-55-25-13-4-14-26-55)49-94-76(85)61-37-62(77(86)95-50-65(80)74(83)59-32-35-68(89-44-53-21-9-2-10-22-53)71(41-59)92-47-56-27-15-5-16-28-56)39-63(38-61)78(87)96-51-66(81)75(84)60-33-36-69(90-45-54-23-11-3-12-24-54)72(42-60)93-48-57-29-17-6-18-30-57/h1-42,64-66,73-75,79-84H,43-51H2/t64-,65-,66-,73-,74-,75-/m1/s1. The van der Waals surface area contributed by atoms with Gasteiger partial charge in [0.25, 0.3) is 0 Å². The number of esters is 3. The summed E-state index contributed by atoms with van der Waals surface area (Å²) in [5, 5.41) is 68.5. The molecule has 0 aliphatic carbocycles. The van der Waals surface area contributed by atoms with Crippen molar-refractivity contribution in [1.82, 2.24) is 0 Å². The van der Waals surface area contributed by atoms with Gasteiger partial charge in [-0.1, -0.05) is 200 Å². The van der Waals surface area contributed by atoms with Crippen molar-refractivity contribution < 1.29 is 87.7 Å². The first-order valence-corrected chi connectivity index (χ1v) is 31.0. The molecule has 0 aliphatic heterocycles. The first kappa shape index (κ1) is 68.0. The van der Waals surface area contributed by atoms with Crippen molar-refractivity contribution in [3.8, 4) is 34.5 Å². The molecule has 10 rings (SSSR count). The Hall–Kier alpha value is -10.8. The molecule has 0 heterocycles. The fraction of sp³-hybridized carbons (Fsp3) is 0.192. The first-order valence-electron chi connectivity index (χ1n) is 31.0. The van der Waals surface area contributed by atoms with E-state index in [2.05, 4.69) is 0 Å². The predicted octanol–water partition coefficient (Wildman–Crippen LogP) is 11.9. The van der Waals surface area contributed by atoms with E-state index >= 15 is 0 Å². The molecule has 6 N–H and O–H groups in total. The molecule has 0 saturated carbocycles. The van der Waals surface area contributed by atoms with Gasteiger partial charge in [-0.05, 0) is 105 Å². The zero-order valence-corrected chi connectivity index (χ0v) is 52.2. The van der Waals surface area contributed by atoms with Gasteiger partial charge < -0.3 is 73.3 Å². The lowest BCUT2D eigenvalue weighted by molar-refractivity contribution is -0.0289. The van der Waals surface area contributed by atoms with E-state index in [1.807, 2.05) is 182 Å². The zero-order valence-electron chi connectivity index (χ0n) is 52.2. The van der Waals surface area contributed by atoms with Crippen LogP contribution in [-0.4, -0.2) is 86.7 Å². The van der Waals surface area contributed by atoms with E-state index < -0.39 is 91.0 Å². The summed E-state index contributed by atoms with van der Waals surface area (Å²) < 4.78 is 53.4. The van der Waals surface area contributed by atoms with Crippen LogP contribution in [0.25, 0.3) is 0 Å². The number of rotatable bonds is 33. The topological polar surface area (TPSA) is 256 Å². The summed E-state index contributed by atoms with van der Waals surface area (Å²) in [5.74, 6) is -1.65. The number of ether oxygens (including phenoxy) is 9. The number of carbonyl (C=O) groups is 3. The van der Waals surface area contributed by atoms with Gasteiger partial charge in [-0.2, -0.15) is 0 Å². The van der Waals surface area contributed by atoms with Gasteiger partial charge in [0.15, 0.2) is 34.5 Å². The lowest BCUT2D eigenvalue weighted by atomic mass is 10.0. The minimum atomic E-state index is -1.74. The van der Waals surface area contributed by atoms with Crippen LogP contribution in [0.2, 0.25) is 0 Å². The molecule has 6 atom stereocenters. The maximum atomic E-state index is 14.0. The van der Waals surface area contributed by atoms with E-state index in [1.165, 1.54) is 36.4 Å². The Balaban J connectivity index is 0.845. The Labute approximate surface area is 555 Å². The molecule has 0 aromatic heterocycles. The monoisotopic (exact) mass is 1300 g/mol. The van der Waals surface area contributed by atoms with Gasteiger partial charge in [0, 0.05) is 0 Å². The van der Waals surface area contributed by atoms with Crippen LogP contribution >= 0.6 is 0 Å². The van der Waals surface area contributed by atoms with Crippen LogP contribution in [0.5, 0.6) is 34.5 Å². The number of carbonyl (C=O) groups excluding carboxylic acids is 3. The van der Waals surface area contributed by atoms with Crippen LogP contribution in [0.3, 0.4) is 0 Å². The quantitative estimate of drug-likeness (QED) is 0.0165. The third-order valence-corrected chi connectivity index (χ3v) is 15.2. The van der Waals surface area contributed by atoms with Crippen molar-refractivity contribution in [1.29, 1.82) is 0 Å². The summed E-state index contributed by atoms with van der Waals surface area (Å²) in [6.45, 7) is -1.32. The second kappa shape index (κ2) is 34.4. The molecule has 96 heavy (non-hydrogen) atoms. The Morgan fingerprint density at radius 1 is 0.250 bits per heavy atom. The zero-order chi connectivity index (χ0) is 67.0. The molecule has 0 radical (unpaired) electrons. The van der Waals surface area contributed by atoms with Crippen LogP contribution in [-0.2, 0) is 53.9 Å². The Bertz CT molecular complexity index is 3660. The van der Waals surface area contributed by atoms with Gasteiger partial charge in [0.05, 0.1) is 16.7 Å². The van der Waals surface area contributed by atoms with Gasteiger partial charge in [0.2, 0.25) is 0 Å². The van der Waals surface area contributed by atoms with E-state index in [1.54, 1.807) is 18.2 Å². The molecule has 0 amide bonds. The van der Waals surface area contributed by atoms with Gasteiger partial charge >= 0.3 is 17.9 Å². The van der Waals surface area contributed by atoms with Crippen LogP contribution in [0.4, 0.5) is 0 Å². The van der Waals surface area contributed by atoms with Crippen LogP contribution in [0.1, 0.15) is 99.5 Å². The van der Waals surface area contributed by atoms with Crippen LogP contribution in [0, 0.1) is 0 Å². The second-order valence-corrected chi connectivity index (χ2v) is 22.4. The van der Waals surface area contributed by atoms with Crippen LogP contribution < -0.4 is 28.4 Å². The maximum Gasteiger partial charge on any atom is 0.338 e. The lowest BCUT2D eigenvalue weighted by Crippen LogP contribution is -2.27. The van der Waals surface area contributed by atoms with Crippen molar-refractivity contribution in [2.24, 2.45) is 0 Å². The van der Waals surface area contributed by atoms with Crippen molar-refractivity contribution >= 4 is 17.9 Å². The van der Waals surface area contributed by atoms with Gasteiger partial charge in [-0.25, -0.2) is 14.4 Å². The summed E-state index contributed by atoms with van der Waals surface area (Å²) in [6.07, 6.45) is -10.1. The molecule has 18 nitrogen and oxygen atoms in total. The molecule has 0 bridgehead atoms. The fourth-order valence-corrected chi connectivity index (χ4v) is 9.89. The molecule has 0 saturated heterocycles. The highest BCUT2D eigenvalue weighted by molar-refractivity contribution is 6.00. The van der Waals surface area contributed by atoms with Gasteiger partial charge in [0.1, 0.15) is 96.1 Å². The Kier molecular flexibility index (Phi) is 24.4. The highest BCUT2D eigenvalue weighted by atomic mass is 16.6. The van der Waals surface area contributed by atoms with E-state index in [0.717, 1.165) is 51.6 Å². The molecule has 0 fully saturated rings. The summed E-state index contributed by atoms with van der Waals surface area (Å²) >= 11 is 0. The highest BCUT2D eigenvalue weighted by Crippen LogP contribution is 2.37. The predicted molar refractivity (Wildman–Crippen MR) is 354 cm³/mol. The van der Waals surface area contributed by atoms with Crippen LogP contribution in [0.15, 0.2) is 255 Å². The highest BCUT2D eigenvalue weighted by Gasteiger charge is 2.28. The van der Waals surface area contributed by atoms with E-state index in [4.69, 9.17) is 42.6 Å². The SMILES string of the molecule is O=C(OC[C@@H](O)[C@H](O)c1ccc(OCc2ccccc2)c(OCc2ccccc2)c1)c1cc(C(=O)OC[C@@H](O)[C@H](O)c2ccc(OCc3ccccc3)c(OCc3ccccc3)c2)cc(C(=O)OC[C@@H](O)[C@H](O)c2ccc(OCc3ccccc3)c(OCc3ccccc3)c2)c1. The van der Waals surface area contributed by atoms with Gasteiger partial charge in [-0.15, -0.1) is 0 Å². The lowest BCUT2D eigenvalue weighted by Gasteiger charge is -2.21. The minimum absolute atomic E-state index is 0.149. The molecule has 492 valence electrons. The van der Waals surface area contributed by atoms with E-state index in [0.29, 0.717) is 17.2 Å². The number of benzene rings is 10. The molecule has 10 aromatic rings.